The number of hydrogen-bond acceptors (Lipinski definition) is 4. The average Bonchev–Trinajstić information content (AvgIpc) is 2.82. The molecule has 2 unspecified atom stereocenters. The zero-order valence-electron chi connectivity index (χ0n) is 19.2. The Hall–Kier alpha value is -3.08. The molecule has 2 atom stereocenters. The molecule has 170 valence electrons. The molecule has 1 saturated carbocycles. The number of esters is 1. The molecule has 1 aliphatic rings. The predicted molar refractivity (Wildman–Crippen MR) is 127 cm³/mol. The molecule has 0 spiro atoms. The van der Waals surface area contributed by atoms with Crippen LogP contribution >= 0.6 is 0 Å². The van der Waals surface area contributed by atoms with Crippen molar-refractivity contribution in [3.8, 4) is 5.75 Å². The van der Waals surface area contributed by atoms with Crippen LogP contribution in [0.3, 0.4) is 0 Å². The molecule has 2 aromatic rings. The van der Waals surface area contributed by atoms with Gasteiger partial charge in [0.2, 0.25) is 0 Å². The Balaban J connectivity index is 1.77. The van der Waals surface area contributed by atoms with Crippen molar-refractivity contribution >= 4 is 23.5 Å². The van der Waals surface area contributed by atoms with E-state index in [-0.39, 0.29) is 29.8 Å². The third-order valence-corrected chi connectivity index (χ3v) is 5.83. The van der Waals surface area contributed by atoms with Gasteiger partial charge in [-0.25, -0.2) is 0 Å². The van der Waals surface area contributed by atoms with Crippen LogP contribution in [0.5, 0.6) is 5.75 Å². The van der Waals surface area contributed by atoms with Gasteiger partial charge in [0.15, 0.2) is 0 Å². The topological polar surface area (TPSA) is 64.6 Å². The fourth-order valence-electron chi connectivity index (χ4n) is 4.21. The molecule has 1 amide bonds. The molecular formula is C27H33NO4. The van der Waals surface area contributed by atoms with Crippen molar-refractivity contribution in [3.63, 3.8) is 0 Å². The van der Waals surface area contributed by atoms with E-state index >= 15 is 0 Å². The number of carbonyl (C=O) groups is 2. The van der Waals surface area contributed by atoms with Gasteiger partial charge in [0.25, 0.3) is 5.91 Å². The second kappa shape index (κ2) is 11.5. The van der Waals surface area contributed by atoms with E-state index in [4.69, 9.17) is 9.47 Å². The van der Waals surface area contributed by atoms with Gasteiger partial charge in [-0.3, -0.25) is 9.59 Å². The highest BCUT2D eigenvalue weighted by Crippen LogP contribution is 2.31. The first kappa shape index (κ1) is 23.6. The van der Waals surface area contributed by atoms with E-state index in [1.807, 2.05) is 74.5 Å². The Morgan fingerprint density at radius 1 is 1.03 bits per heavy atom. The lowest BCUT2D eigenvalue weighted by Gasteiger charge is -2.29. The van der Waals surface area contributed by atoms with Crippen LogP contribution in [0.4, 0.5) is 0 Å². The Morgan fingerprint density at radius 2 is 1.72 bits per heavy atom. The maximum atomic E-state index is 13.2. The standard InChI is InChI=1S/C27H33NO4/c1-19(2)32-23-15-13-20(14-16-23)17-25(21-9-5-4-6-10-21)26(29)28-18-22-11-7-8-12-24(22)27(30)31-3/h4-6,9-10,13-17,19,22,24H,7-8,11-12,18H2,1-3H3,(H,28,29)/b25-17+. The van der Waals surface area contributed by atoms with Crippen molar-refractivity contribution in [3.05, 3.63) is 65.7 Å². The average molecular weight is 436 g/mol. The van der Waals surface area contributed by atoms with Crippen LogP contribution in [-0.4, -0.2) is 31.6 Å². The van der Waals surface area contributed by atoms with E-state index in [1.54, 1.807) is 0 Å². The van der Waals surface area contributed by atoms with Crippen LogP contribution in [0, 0.1) is 11.8 Å². The lowest BCUT2D eigenvalue weighted by molar-refractivity contribution is -0.148. The summed E-state index contributed by atoms with van der Waals surface area (Å²) in [5.74, 6) is 0.435. The molecule has 2 aromatic carbocycles. The number of benzene rings is 2. The summed E-state index contributed by atoms with van der Waals surface area (Å²) >= 11 is 0. The first-order chi connectivity index (χ1) is 15.5. The van der Waals surface area contributed by atoms with Crippen molar-refractivity contribution in [1.82, 2.24) is 5.32 Å². The van der Waals surface area contributed by atoms with E-state index in [9.17, 15) is 9.59 Å². The molecule has 0 aromatic heterocycles. The molecule has 5 heteroatoms. The normalized spacial score (nSPS) is 18.8. The third kappa shape index (κ3) is 6.46. The predicted octanol–water partition coefficient (Wildman–Crippen LogP) is 5.11. The van der Waals surface area contributed by atoms with E-state index in [0.29, 0.717) is 12.1 Å². The molecule has 0 aliphatic heterocycles. The molecule has 0 saturated heterocycles. The monoisotopic (exact) mass is 435 g/mol. The second-order valence-corrected chi connectivity index (χ2v) is 8.54. The van der Waals surface area contributed by atoms with Gasteiger partial charge in [0.05, 0.1) is 19.1 Å². The first-order valence-electron chi connectivity index (χ1n) is 11.4. The number of methoxy groups -OCH3 is 1. The fraction of sp³-hybridized carbons (Fsp3) is 0.407. The Morgan fingerprint density at radius 3 is 2.38 bits per heavy atom. The number of rotatable bonds is 8. The molecular weight excluding hydrogens is 402 g/mol. The van der Waals surface area contributed by atoms with Crippen LogP contribution < -0.4 is 10.1 Å². The van der Waals surface area contributed by atoms with Crippen molar-refractivity contribution in [2.24, 2.45) is 11.8 Å². The zero-order valence-corrected chi connectivity index (χ0v) is 19.2. The molecule has 0 radical (unpaired) electrons. The Bertz CT molecular complexity index is 918. The largest absolute Gasteiger partial charge is 0.491 e. The summed E-state index contributed by atoms with van der Waals surface area (Å²) in [6, 6.07) is 17.4. The second-order valence-electron chi connectivity index (χ2n) is 8.54. The Labute approximate surface area is 190 Å². The highest BCUT2D eigenvalue weighted by molar-refractivity contribution is 6.24. The van der Waals surface area contributed by atoms with Gasteiger partial charge in [-0.05, 0) is 61.9 Å². The smallest absolute Gasteiger partial charge is 0.309 e. The van der Waals surface area contributed by atoms with Crippen LogP contribution in [-0.2, 0) is 14.3 Å². The zero-order chi connectivity index (χ0) is 22.9. The molecule has 3 rings (SSSR count). The Kier molecular flexibility index (Phi) is 8.48. The molecule has 32 heavy (non-hydrogen) atoms. The van der Waals surface area contributed by atoms with E-state index in [0.717, 1.165) is 42.6 Å². The summed E-state index contributed by atoms with van der Waals surface area (Å²) in [7, 11) is 1.43. The summed E-state index contributed by atoms with van der Waals surface area (Å²) in [5, 5.41) is 3.08. The number of carbonyl (C=O) groups excluding carboxylic acids is 2. The van der Waals surface area contributed by atoms with E-state index in [1.165, 1.54) is 7.11 Å². The number of ether oxygens (including phenoxy) is 2. The minimum atomic E-state index is -0.175. The van der Waals surface area contributed by atoms with Crippen molar-refractivity contribution in [1.29, 1.82) is 0 Å². The first-order valence-corrected chi connectivity index (χ1v) is 11.4. The van der Waals surface area contributed by atoms with Crippen molar-refractivity contribution < 1.29 is 19.1 Å². The lowest BCUT2D eigenvalue weighted by atomic mass is 9.79. The van der Waals surface area contributed by atoms with Gasteiger partial charge in [-0.2, -0.15) is 0 Å². The van der Waals surface area contributed by atoms with Gasteiger partial charge in [-0.15, -0.1) is 0 Å². The number of nitrogens with one attached hydrogen (secondary N) is 1. The van der Waals surface area contributed by atoms with Crippen molar-refractivity contribution in [2.45, 2.75) is 45.6 Å². The summed E-state index contributed by atoms with van der Waals surface area (Å²) in [4.78, 5) is 25.4. The number of hydrogen-bond donors (Lipinski definition) is 1. The minimum Gasteiger partial charge on any atom is -0.491 e. The van der Waals surface area contributed by atoms with Gasteiger partial charge in [0.1, 0.15) is 5.75 Å². The van der Waals surface area contributed by atoms with Crippen LogP contribution in [0.15, 0.2) is 54.6 Å². The summed E-state index contributed by atoms with van der Waals surface area (Å²) < 4.78 is 10.7. The minimum absolute atomic E-state index is 0.102. The molecule has 0 bridgehead atoms. The SMILES string of the molecule is COC(=O)C1CCCCC1CNC(=O)/C(=C/c1ccc(OC(C)C)cc1)c1ccccc1. The highest BCUT2D eigenvalue weighted by atomic mass is 16.5. The molecule has 1 aliphatic carbocycles. The summed E-state index contributed by atoms with van der Waals surface area (Å²) in [6.07, 6.45) is 5.83. The molecule has 1 N–H and O–H groups in total. The lowest BCUT2D eigenvalue weighted by Crippen LogP contribution is -2.37. The summed E-state index contributed by atoms with van der Waals surface area (Å²) in [5.41, 5.74) is 2.36. The van der Waals surface area contributed by atoms with Crippen LogP contribution in [0.2, 0.25) is 0 Å². The number of amides is 1. The summed E-state index contributed by atoms with van der Waals surface area (Å²) in [6.45, 7) is 4.44. The molecule has 5 nitrogen and oxygen atoms in total. The molecule has 0 heterocycles. The maximum Gasteiger partial charge on any atom is 0.309 e. The van der Waals surface area contributed by atoms with Crippen LogP contribution in [0.1, 0.15) is 50.7 Å². The van der Waals surface area contributed by atoms with Crippen LogP contribution in [0.25, 0.3) is 11.6 Å². The third-order valence-electron chi connectivity index (χ3n) is 5.83. The van der Waals surface area contributed by atoms with Gasteiger partial charge >= 0.3 is 5.97 Å². The van der Waals surface area contributed by atoms with E-state index in [2.05, 4.69) is 5.32 Å². The molecule has 1 fully saturated rings. The fourth-order valence-corrected chi connectivity index (χ4v) is 4.21. The van der Waals surface area contributed by atoms with Crippen molar-refractivity contribution in [2.75, 3.05) is 13.7 Å². The quantitative estimate of drug-likeness (QED) is 0.356. The highest BCUT2D eigenvalue weighted by Gasteiger charge is 2.32. The van der Waals surface area contributed by atoms with E-state index < -0.39 is 0 Å². The van der Waals surface area contributed by atoms with Gasteiger partial charge in [0, 0.05) is 12.1 Å². The van der Waals surface area contributed by atoms with Gasteiger partial charge < -0.3 is 14.8 Å². The van der Waals surface area contributed by atoms with Gasteiger partial charge in [-0.1, -0.05) is 55.3 Å². The maximum absolute atomic E-state index is 13.2.